The average Bonchev–Trinajstić information content (AvgIpc) is 2.71. The van der Waals surface area contributed by atoms with Crippen LogP contribution in [0.2, 0.25) is 0 Å². The summed E-state index contributed by atoms with van der Waals surface area (Å²) in [6, 6.07) is 5.87. The number of halogens is 1. The van der Waals surface area contributed by atoms with Crippen LogP contribution in [0.25, 0.3) is 0 Å². The minimum Gasteiger partial charge on any atom is -0.481 e. The normalized spacial score (nSPS) is 27.1. The molecule has 3 N–H and O–H groups in total. The Morgan fingerprint density at radius 3 is 2.72 bits per heavy atom. The fourth-order valence-electron chi connectivity index (χ4n) is 4.01. The summed E-state index contributed by atoms with van der Waals surface area (Å²) >= 11 is 0. The zero-order chi connectivity index (χ0) is 19.8. The maximum Gasteiger partial charge on any atom is 0.303 e. The number of piperidine rings is 1. The fourth-order valence-corrected chi connectivity index (χ4v) is 4.01. The van der Waals surface area contributed by atoms with E-state index >= 15 is 0 Å². The third-order valence-corrected chi connectivity index (χ3v) is 5.68. The second kappa shape index (κ2) is 12.3. The van der Waals surface area contributed by atoms with E-state index in [4.69, 9.17) is 14.6 Å². The van der Waals surface area contributed by atoms with Crippen molar-refractivity contribution >= 4 is 18.4 Å². The molecule has 0 spiro atoms. The van der Waals surface area contributed by atoms with Gasteiger partial charge in [0.05, 0.1) is 31.5 Å². The third-order valence-electron chi connectivity index (χ3n) is 5.68. The van der Waals surface area contributed by atoms with Gasteiger partial charge in [-0.2, -0.15) is 0 Å². The number of aliphatic carboxylic acids is 1. The number of aliphatic hydroxyl groups excluding tert-OH is 1. The number of carbonyl (C=O) groups is 1. The molecule has 0 bridgehead atoms. The molecule has 2 unspecified atom stereocenters. The lowest BCUT2D eigenvalue weighted by Gasteiger charge is -2.32. The maximum absolute atomic E-state index is 10.6. The molecule has 1 aliphatic carbocycles. The van der Waals surface area contributed by atoms with Crippen LogP contribution in [0.5, 0.6) is 5.88 Å². The molecule has 1 aromatic rings. The summed E-state index contributed by atoms with van der Waals surface area (Å²) in [5.41, 5.74) is 1.04. The second-order valence-electron chi connectivity index (χ2n) is 7.82. The van der Waals surface area contributed by atoms with Gasteiger partial charge in [-0.1, -0.05) is 6.07 Å². The van der Waals surface area contributed by atoms with Gasteiger partial charge in [0.15, 0.2) is 0 Å². The van der Waals surface area contributed by atoms with E-state index in [-0.39, 0.29) is 37.1 Å². The Hall–Kier alpha value is -1.41. The summed E-state index contributed by atoms with van der Waals surface area (Å²) in [6.45, 7) is 1.90. The Kier molecular flexibility index (Phi) is 10.1. The molecule has 2 aliphatic rings. The molecule has 1 aromatic heterocycles. The Morgan fingerprint density at radius 2 is 2.00 bits per heavy atom. The van der Waals surface area contributed by atoms with Crippen LogP contribution in [0.4, 0.5) is 0 Å². The third kappa shape index (κ3) is 7.74. The molecule has 1 saturated heterocycles. The lowest BCUT2D eigenvalue weighted by molar-refractivity contribution is -0.137. The van der Waals surface area contributed by atoms with Crippen molar-refractivity contribution in [3.05, 3.63) is 23.9 Å². The largest absolute Gasteiger partial charge is 0.481 e. The van der Waals surface area contributed by atoms with Crippen LogP contribution in [-0.4, -0.2) is 59.2 Å². The number of aromatic nitrogens is 1. The first kappa shape index (κ1) is 23.9. The molecule has 3 rings (SSSR count). The molecule has 2 atom stereocenters. The van der Waals surface area contributed by atoms with Crippen LogP contribution in [0, 0.1) is 0 Å². The van der Waals surface area contributed by atoms with Gasteiger partial charge in [0.1, 0.15) is 0 Å². The van der Waals surface area contributed by atoms with Crippen molar-refractivity contribution in [1.82, 2.24) is 10.3 Å². The van der Waals surface area contributed by atoms with Gasteiger partial charge in [-0.25, -0.2) is 4.98 Å². The minimum atomic E-state index is -0.807. The number of hydrogen-bond acceptors (Lipinski definition) is 6. The minimum absolute atomic E-state index is 0. The number of nitrogens with one attached hydrogen (secondary N) is 1. The molecule has 1 saturated carbocycles. The van der Waals surface area contributed by atoms with E-state index in [2.05, 4.69) is 10.3 Å². The van der Waals surface area contributed by atoms with E-state index < -0.39 is 5.97 Å². The second-order valence-corrected chi connectivity index (χ2v) is 7.82. The van der Waals surface area contributed by atoms with Crippen LogP contribution >= 0.6 is 12.4 Å². The van der Waals surface area contributed by atoms with Crippen LogP contribution in [0.3, 0.4) is 0 Å². The molecule has 0 aromatic carbocycles. The van der Waals surface area contributed by atoms with Gasteiger partial charge in [0, 0.05) is 24.1 Å². The van der Waals surface area contributed by atoms with Crippen molar-refractivity contribution < 1.29 is 24.5 Å². The first-order valence-corrected chi connectivity index (χ1v) is 10.5. The first-order chi connectivity index (χ1) is 13.6. The van der Waals surface area contributed by atoms with E-state index in [1.54, 1.807) is 0 Å². The molecule has 8 heteroatoms. The Bertz CT molecular complexity index is 625. The highest BCUT2D eigenvalue weighted by Gasteiger charge is 2.27. The molecule has 2 fully saturated rings. The Morgan fingerprint density at radius 1 is 1.21 bits per heavy atom. The van der Waals surface area contributed by atoms with Crippen molar-refractivity contribution in [1.29, 1.82) is 0 Å². The highest BCUT2D eigenvalue weighted by molar-refractivity contribution is 5.85. The van der Waals surface area contributed by atoms with Crippen molar-refractivity contribution in [3.63, 3.8) is 0 Å². The van der Waals surface area contributed by atoms with Crippen molar-refractivity contribution in [2.75, 3.05) is 19.8 Å². The number of pyridine rings is 1. The number of nitrogens with zero attached hydrogens (tertiary/aromatic N) is 1. The van der Waals surface area contributed by atoms with Crippen LogP contribution in [0.1, 0.15) is 63.0 Å². The number of carboxylic acids is 1. The predicted octanol–water partition coefficient (Wildman–Crippen LogP) is 2.90. The zero-order valence-corrected chi connectivity index (χ0v) is 17.6. The fraction of sp³-hybridized carbons (Fsp3) is 0.714. The molecule has 29 heavy (non-hydrogen) atoms. The van der Waals surface area contributed by atoms with Crippen LogP contribution in [-0.2, 0) is 9.53 Å². The smallest absolute Gasteiger partial charge is 0.303 e. The lowest BCUT2D eigenvalue weighted by atomic mass is 9.85. The molecule has 7 nitrogen and oxygen atoms in total. The summed E-state index contributed by atoms with van der Waals surface area (Å²) in [7, 11) is 0. The lowest BCUT2D eigenvalue weighted by Crippen LogP contribution is -2.48. The van der Waals surface area contributed by atoms with E-state index in [0.29, 0.717) is 31.4 Å². The van der Waals surface area contributed by atoms with E-state index in [1.807, 2.05) is 18.2 Å². The van der Waals surface area contributed by atoms with Gasteiger partial charge in [-0.05, 0) is 57.6 Å². The maximum atomic E-state index is 10.6. The van der Waals surface area contributed by atoms with Crippen molar-refractivity contribution in [3.8, 4) is 5.88 Å². The molecule has 1 aliphatic heterocycles. The summed E-state index contributed by atoms with van der Waals surface area (Å²) < 4.78 is 11.7. The van der Waals surface area contributed by atoms with Gasteiger partial charge < -0.3 is 25.0 Å². The average molecular weight is 429 g/mol. The van der Waals surface area contributed by atoms with Crippen LogP contribution < -0.4 is 10.1 Å². The zero-order valence-electron chi connectivity index (χ0n) is 16.8. The van der Waals surface area contributed by atoms with E-state index in [9.17, 15) is 9.90 Å². The van der Waals surface area contributed by atoms with Crippen molar-refractivity contribution in [2.24, 2.45) is 0 Å². The molecule has 0 radical (unpaired) electrons. The SMILES string of the molecule is Cl.O=C(O)CCCOc1cccc(C2CCC(OCC3NCCCC3O)CC2)n1. The van der Waals surface area contributed by atoms with Gasteiger partial charge in [0.25, 0.3) is 0 Å². The summed E-state index contributed by atoms with van der Waals surface area (Å²) in [5.74, 6) is 0.164. The topological polar surface area (TPSA) is 101 Å². The molecule has 2 heterocycles. The highest BCUT2D eigenvalue weighted by atomic mass is 35.5. The van der Waals surface area contributed by atoms with Gasteiger partial charge >= 0.3 is 5.97 Å². The van der Waals surface area contributed by atoms with E-state index in [1.165, 1.54) is 0 Å². The van der Waals surface area contributed by atoms with E-state index in [0.717, 1.165) is 50.8 Å². The predicted molar refractivity (Wildman–Crippen MR) is 112 cm³/mol. The molecular formula is C21H33ClN2O5. The van der Waals surface area contributed by atoms with Crippen LogP contribution in [0.15, 0.2) is 18.2 Å². The summed E-state index contributed by atoms with van der Waals surface area (Å²) in [6.07, 6.45) is 6.48. The Labute approximate surface area is 178 Å². The first-order valence-electron chi connectivity index (χ1n) is 10.5. The molecule has 0 amide bonds. The standard InChI is InChI=1S/C21H32N2O5.ClH/c24-19-5-2-12-22-18(19)14-28-16-10-8-15(9-11-16)17-4-1-6-20(23-17)27-13-3-7-21(25)26;/h1,4,6,15-16,18-19,22,24H,2-3,5,7-14H2,(H,25,26);1H. The molecular weight excluding hydrogens is 396 g/mol. The van der Waals surface area contributed by atoms with Gasteiger partial charge in [-0.3, -0.25) is 4.79 Å². The van der Waals surface area contributed by atoms with Crippen molar-refractivity contribution in [2.45, 2.75) is 75.5 Å². The Balaban J connectivity index is 0.00000300. The number of ether oxygens (including phenoxy) is 2. The summed E-state index contributed by atoms with van der Waals surface area (Å²) in [5, 5.41) is 22.0. The number of carboxylic acid groups (broad SMARTS) is 1. The van der Waals surface area contributed by atoms with Gasteiger partial charge in [0.2, 0.25) is 5.88 Å². The summed E-state index contributed by atoms with van der Waals surface area (Å²) in [4.78, 5) is 15.2. The number of rotatable bonds is 9. The monoisotopic (exact) mass is 428 g/mol. The quantitative estimate of drug-likeness (QED) is 0.520. The van der Waals surface area contributed by atoms with Gasteiger partial charge in [-0.15, -0.1) is 12.4 Å². The highest BCUT2D eigenvalue weighted by Crippen LogP contribution is 2.34. The molecule has 164 valence electrons. The number of aliphatic hydroxyl groups is 1. The number of hydrogen-bond donors (Lipinski definition) is 3.